The van der Waals surface area contributed by atoms with Crippen LogP contribution in [0.5, 0.6) is 5.75 Å². The fraction of sp³-hybridized carbons (Fsp3) is 0.118. The quantitative estimate of drug-likeness (QED) is 0.668. The molecule has 3 aromatic rings. The van der Waals surface area contributed by atoms with Gasteiger partial charge in [-0.25, -0.2) is 4.79 Å². The van der Waals surface area contributed by atoms with Crippen LogP contribution in [-0.2, 0) is 4.87 Å². The molecule has 2 aromatic carbocycles. The van der Waals surface area contributed by atoms with Crippen LogP contribution in [-0.4, -0.2) is 5.11 Å². The standard InChI is InChI=1S/C17H13NO3S/c1-17(18-13-4-2-3-5-15(13)22-17)12-9-10-8-11(19)6-7-14(10)21-16(12)20/h2-9,18-19H,1H3. The molecule has 0 radical (unpaired) electrons. The molecule has 0 amide bonds. The lowest BCUT2D eigenvalue weighted by Crippen LogP contribution is -2.30. The Morgan fingerprint density at radius 2 is 2.00 bits per heavy atom. The first-order valence-electron chi connectivity index (χ1n) is 6.89. The van der Waals surface area contributed by atoms with Gasteiger partial charge in [0.15, 0.2) is 0 Å². The number of rotatable bonds is 1. The Balaban J connectivity index is 1.88. The summed E-state index contributed by atoms with van der Waals surface area (Å²) in [4.78, 5) is 12.9. The predicted molar refractivity (Wildman–Crippen MR) is 87.4 cm³/mol. The van der Waals surface area contributed by atoms with Gasteiger partial charge in [-0.3, -0.25) is 0 Å². The summed E-state index contributed by atoms with van der Waals surface area (Å²) in [5.41, 5.74) is 1.64. The molecule has 4 rings (SSSR count). The van der Waals surface area contributed by atoms with Crippen molar-refractivity contribution in [1.82, 2.24) is 0 Å². The average Bonchev–Trinajstić information content (AvgIpc) is 2.84. The molecule has 2 N–H and O–H groups in total. The minimum absolute atomic E-state index is 0.146. The van der Waals surface area contributed by atoms with E-state index in [0.717, 1.165) is 10.6 Å². The molecule has 4 nitrogen and oxygen atoms in total. The van der Waals surface area contributed by atoms with Crippen molar-refractivity contribution in [3.8, 4) is 5.75 Å². The summed E-state index contributed by atoms with van der Waals surface area (Å²) in [5, 5.41) is 13.7. The molecule has 1 aromatic heterocycles. The number of nitrogens with one attached hydrogen (secondary N) is 1. The minimum atomic E-state index is -0.593. The highest BCUT2D eigenvalue weighted by Crippen LogP contribution is 2.50. The third-order valence-corrected chi connectivity index (χ3v) is 5.11. The first-order valence-corrected chi connectivity index (χ1v) is 7.70. The zero-order chi connectivity index (χ0) is 15.3. The Labute approximate surface area is 130 Å². The molecule has 22 heavy (non-hydrogen) atoms. The molecule has 2 heterocycles. The van der Waals surface area contributed by atoms with Gasteiger partial charge in [0.25, 0.3) is 0 Å². The first kappa shape index (κ1) is 13.3. The van der Waals surface area contributed by atoms with Gasteiger partial charge >= 0.3 is 5.63 Å². The Hall–Kier alpha value is -2.40. The monoisotopic (exact) mass is 311 g/mol. The summed E-state index contributed by atoms with van der Waals surface area (Å²) in [7, 11) is 0. The Morgan fingerprint density at radius 1 is 1.18 bits per heavy atom. The van der Waals surface area contributed by atoms with Crippen molar-refractivity contribution in [2.45, 2.75) is 16.7 Å². The number of phenols is 1. The van der Waals surface area contributed by atoms with Crippen LogP contribution in [0.1, 0.15) is 12.5 Å². The molecule has 1 aliphatic heterocycles. The molecule has 0 bridgehead atoms. The summed E-state index contributed by atoms with van der Waals surface area (Å²) >= 11 is 1.58. The van der Waals surface area contributed by atoms with Gasteiger partial charge in [-0.2, -0.15) is 0 Å². The van der Waals surface area contributed by atoms with Crippen molar-refractivity contribution in [1.29, 1.82) is 0 Å². The molecule has 5 heteroatoms. The number of thioether (sulfide) groups is 1. The third-order valence-electron chi connectivity index (χ3n) is 3.80. The van der Waals surface area contributed by atoms with Crippen LogP contribution in [0.25, 0.3) is 11.0 Å². The summed E-state index contributed by atoms with van der Waals surface area (Å²) in [6, 6.07) is 14.4. The molecule has 0 aliphatic carbocycles. The lowest BCUT2D eigenvalue weighted by atomic mass is 10.1. The lowest BCUT2D eigenvalue weighted by Gasteiger charge is -2.23. The van der Waals surface area contributed by atoms with Crippen molar-refractivity contribution in [2.75, 3.05) is 5.32 Å². The molecule has 1 unspecified atom stereocenters. The molecule has 110 valence electrons. The molecule has 1 aliphatic rings. The second-order valence-electron chi connectivity index (χ2n) is 5.43. The maximum Gasteiger partial charge on any atom is 0.342 e. The topological polar surface area (TPSA) is 62.5 Å². The number of phenolic OH excluding ortho intramolecular Hbond substituents is 1. The summed E-state index contributed by atoms with van der Waals surface area (Å²) in [6.45, 7) is 1.96. The van der Waals surface area contributed by atoms with Crippen molar-refractivity contribution < 1.29 is 9.52 Å². The number of para-hydroxylation sites is 1. The van der Waals surface area contributed by atoms with Gasteiger partial charge in [0.2, 0.25) is 0 Å². The molecule has 0 spiro atoms. The SMILES string of the molecule is CC1(c2cc3cc(O)ccc3oc2=O)Nc2ccccc2S1. The smallest absolute Gasteiger partial charge is 0.342 e. The molecule has 0 saturated heterocycles. The second kappa shape index (κ2) is 4.55. The normalized spacial score (nSPS) is 19.9. The van der Waals surface area contributed by atoms with Gasteiger partial charge in [0, 0.05) is 16.0 Å². The van der Waals surface area contributed by atoms with Crippen LogP contribution in [0.15, 0.2) is 62.6 Å². The molecule has 0 fully saturated rings. The van der Waals surface area contributed by atoms with Gasteiger partial charge < -0.3 is 14.8 Å². The highest BCUT2D eigenvalue weighted by Gasteiger charge is 2.37. The first-order chi connectivity index (χ1) is 10.5. The van der Waals surface area contributed by atoms with E-state index in [-0.39, 0.29) is 11.4 Å². The fourth-order valence-corrected chi connectivity index (χ4v) is 3.96. The number of aromatic hydroxyl groups is 1. The number of anilines is 1. The van der Waals surface area contributed by atoms with Gasteiger partial charge in [-0.05, 0) is 43.3 Å². The van der Waals surface area contributed by atoms with Crippen LogP contribution >= 0.6 is 11.8 Å². The van der Waals surface area contributed by atoms with E-state index in [1.807, 2.05) is 31.2 Å². The van der Waals surface area contributed by atoms with E-state index in [4.69, 9.17) is 4.42 Å². The Bertz CT molecular complexity index is 923. The summed E-state index contributed by atoms with van der Waals surface area (Å²) < 4.78 is 5.40. The fourth-order valence-electron chi connectivity index (χ4n) is 2.73. The lowest BCUT2D eigenvalue weighted by molar-refractivity contribution is 0.475. The number of fused-ring (bicyclic) bond motifs is 2. The maximum absolute atomic E-state index is 12.4. The van der Waals surface area contributed by atoms with E-state index < -0.39 is 4.87 Å². The van der Waals surface area contributed by atoms with E-state index >= 15 is 0 Å². The van der Waals surface area contributed by atoms with Crippen molar-refractivity contribution in [3.63, 3.8) is 0 Å². The van der Waals surface area contributed by atoms with Gasteiger partial charge in [-0.1, -0.05) is 23.9 Å². The summed E-state index contributed by atoms with van der Waals surface area (Å²) in [6.07, 6.45) is 0. The number of hydrogen-bond donors (Lipinski definition) is 2. The predicted octanol–water partition coefficient (Wildman–Crippen LogP) is 3.89. The van der Waals surface area contributed by atoms with Crippen LogP contribution in [0.3, 0.4) is 0 Å². The average molecular weight is 311 g/mol. The Kier molecular flexibility index (Phi) is 2.74. The second-order valence-corrected chi connectivity index (χ2v) is 6.89. The number of hydrogen-bond acceptors (Lipinski definition) is 5. The van der Waals surface area contributed by atoms with E-state index in [9.17, 15) is 9.90 Å². The highest BCUT2D eigenvalue weighted by atomic mass is 32.2. The summed E-state index contributed by atoms with van der Waals surface area (Å²) in [5.74, 6) is 0.146. The molecule has 0 saturated carbocycles. The van der Waals surface area contributed by atoms with E-state index in [2.05, 4.69) is 5.32 Å². The molecule has 1 atom stereocenters. The minimum Gasteiger partial charge on any atom is -0.508 e. The van der Waals surface area contributed by atoms with Gasteiger partial charge in [-0.15, -0.1) is 0 Å². The Morgan fingerprint density at radius 3 is 2.82 bits per heavy atom. The number of benzene rings is 2. The molecular formula is C17H13NO3S. The largest absolute Gasteiger partial charge is 0.508 e. The van der Waals surface area contributed by atoms with Crippen molar-refractivity contribution in [2.24, 2.45) is 0 Å². The van der Waals surface area contributed by atoms with Crippen LogP contribution in [0.2, 0.25) is 0 Å². The zero-order valence-electron chi connectivity index (χ0n) is 11.8. The van der Waals surface area contributed by atoms with Crippen LogP contribution in [0, 0.1) is 0 Å². The van der Waals surface area contributed by atoms with Gasteiger partial charge in [0.1, 0.15) is 16.2 Å². The zero-order valence-corrected chi connectivity index (χ0v) is 12.6. The maximum atomic E-state index is 12.4. The van der Waals surface area contributed by atoms with E-state index in [0.29, 0.717) is 16.5 Å². The van der Waals surface area contributed by atoms with E-state index in [1.165, 1.54) is 6.07 Å². The highest BCUT2D eigenvalue weighted by molar-refractivity contribution is 8.00. The van der Waals surface area contributed by atoms with Crippen LogP contribution in [0.4, 0.5) is 5.69 Å². The molecular weight excluding hydrogens is 298 g/mol. The van der Waals surface area contributed by atoms with Crippen molar-refractivity contribution >= 4 is 28.4 Å². The third kappa shape index (κ3) is 1.97. The van der Waals surface area contributed by atoms with Crippen LogP contribution < -0.4 is 10.9 Å². The van der Waals surface area contributed by atoms with Crippen molar-refractivity contribution in [3.05, 3.63) is 64.5 Å². The van der Waals surface area contributed by atoms with E-state index in [1.54, 1.807) is 30.0 Å². The van der Waals surface area contributed by atoms with Gasteiger partial charge in [0.05, 0.1) is 5.56 Å².